The summed E-state index contributed by atoms with van der Waals surface area (Å²) in [6.45, 7) is 12.0. The molecule has 1 aliphatic heterocycles. The second-order valence-electron chi connectivity index (χ2n) is 12.9. The molecule has 0 aromatic carbocycles. The van der Waals surface area contributed by atoms with Crippen LogP contribution in [0.1, 0.15) is 92.9 Å². The molecule has 1 heterocycles. The van der Waals surface area contributed by atoms with Gasteiger partial charge in [0.15, 0.2) is 0 Å². The molecule has 4 rings (SSSR count). The highest BCUT2D eigenvalue weighted by molar-refractivity contribution is 5.71. The summed E-state index contributed by atoms with van der Waals surface area (Å²) < 4.78 is 6.22. The van der Waals surface area contributed by atoms with Crippen molar-refractivity contribution in [2.75, 3.05) is 0 Å². The SMILES string of the molecule is C[C@@H]1CC[C@@H]([C@@H](C)C(=O)O)C2=COC(C)(OO[C@@]3(C)C=C4[C@@H](CC3)[C@H](C)CC[C@H]4[C@@H](C)C(=O)O)CC[C@H]21. The molecular weight excluding hydrogens is 472 g/mol. The zero-order valence-corrected chi connectivity index (χ0v) is 23.4. The molecule has 3 aliphatic carbocycles. The monoisotopic (exact) mass is 518 g/mol. The van der Waals surface area contributed by atoms with Crippen molar-refractivity contribution in [3.63, 3.8) is 0 Å². The number of hydrogen-bond donors (Lipinski definition) is 2. The highest BCUT2D eigenvalue weighted by Crippen LogP contribution is 2.50. The molecule has 7 nitrogen and oxygen atoms in total. The normalized spacial score (nSPS) is 41.6. The van der Waals surface area contributed by atoms with Gasteiger partial charge in [-0.3, -0.25) is 9.59 Å². The lowest BCUT2D eigenvalue weighted by molar-refractivity contribution is -0.447. The molecule has 7 heteroatoms. The van der Waals surface area contributed by atoms with E-state index in [1.165, 1.54) is 5.57 Å². The molecule has 208 valence electrons. The minimum Gasteiger partial charge on any atom is -0.481 e. The fourth-order valence-electron chi connectivity index (χ4n) is 7.39. The summed E-state index contributed by atoms with van der Waals surface area (Å²) in [5.74, 6) is -1.70. The van der Waals surface area contributed by atoms with Gasteiger partial charge in [0.05, 0.1) is 18.1 Å². The van der Waals surface area contributed by atoms with Crippen molar-refractivity contribution in [2.24, 2.45) is 47.3 Å². The minimum absolute atomic E-state index is 0.0224. The Balaban J connectivity index is 1.51. The first kappa shape index (κ1) is 28.2. The third-order valence-corrected chi connectivity index (χ3v) is 10.1. The molecule has 0 radical (unpaired) electrons. The van der Waals surface area contributed by atoms with E-state index >= 15 is 0 Å². The van der Waals surface area contributed by atoms with Gasteiger partial charge in [0.2, 0.25) is 5.79 Å². The van der Waals surface area contributed by atoms with Gasteiger partial charge >= 0.3 is 11.9 Å². The average Bonchev–Trinajstić information content (AvgIpc) is 3.03. The van der Waals surface area contributed by atoms with Crippen LogP contribution >= 0.6 is 0 Å². The Hall–Kier alpha value is -1.86. The Morgan fingerprint density at radius 1 is 0.838 bits per heavy atom. The number of hydrogen-bond acceptors (Lipinski definition) is 5. The van der Waals surface area contributed by atoms with Gasteiger partial charge in [0, 0.05) is 13.3 Å². The summed E-state index contributed by atoms with van der Waals surface area (Å²) in [4.78, 5) is 35.8. The summed E-state index contributed by atoms with van der Waals surface area (Å²) in [7, 11) is 0. The van der Waals surface area contributed by atoms with E-state index in [0.29, 0.717) is 24.2 Å². The number of carbonyl (C=O) groups is 2. The maximum atomic E-state index is 11.8. The van der Waals surface area contributed by atoms with Crippen molar-refractivity contribution < 1.29 is 34.3 Å². The van der Waals surface area contributed by atoms with Crippen molar-refractivity contribution in [3.8, 4) is 0 Å². The molecule has 0 amide bonds. The number of rotatable bonds is 7. The molecule has 10 atom stereocenters. The van der Waals surface area contributed by atoms with Crippen LogP contribution in [0, 0.1) is 47.3 Å². The summed E-state index contributed by atoms with van der Waals surface area (Å²) in [5.41, 5.74) is 1.65. The summed E-state index contributed by atoms with van der Waals surface area (Å²) in [6, 6.07) is 0. The molecule has 2 saturated carbocycles. The molecule has 37 heavy (non-hydrogen) atoms. The summed E-state index contributed by atoms with van der Waals surface area (Å²) in [5, 5.41) is 19.4. The van der Waals surface area contributed by atoms with Crippen LogP contribution in [0.25, 0.3) is 0 Å². The zero-order chi connectivity index (χ0) is 27.1. The van der Waals surface area contributed by atoms with E-state index in [0.717, 1.165) is 50.5 Å². The number of fused-ring (bicyclic) bond motifs is 2. The van der Waals surface area contributed by atoms with E-state index in [9.17, 15) is 19.8 Å². The third kappa shape index (κ3) is 5.78. The number of ether oxygens (including phenoxy) is 1. The molecule has 0 aromatic heterocycles. The largest absolute Gasteiger partial charge is 0.481 e. The lowest BCUT2D eigenvalue weighted by Crippen LogP contribution is -2.42. The lowest BCUT2D eigenvalue weighted by Gasteiger charge is -2.45. The first-order valence-corrected chi connectivity index (χ1v) is 14.3. The van der Waals surface area contributed by atoms with Crippen LogP contribution in [0.2, 0.25) is 0 Å². The lowest BCUT2D eigenvalue weighted by atomic mass is 9.62. The van der Waals surface area contributed by atoms with E-state index in [1.807, 2.05) is 20.8 Å². The van der Waals surface area contributed by atoms with Crippen LogP contribution in [0.3, 0.4) is 0 Å². The van der Waals surface area contributed by atoms with E-state index in [-0.39, 0.29) is 17.8 Å². The van der Waals surface area contributed by atoms with Gasteiger partial charge in [-0.2, -0.15) is 4.89 Å². The van der Waals surface area contributed by atoms with Crippen LogP contribution in [0.15, 0.2) is 23.5 Å². The maximum Gasteiger partial charge on any atom is 0.306 e. The van der Waals surface area contributed by atoms with E-state index < -0.39 is 35.2 Å². The highest BCUT2D eigenvalue weighted by atomic mass is 17.2. The fraction of sp³-hybridized carbons (Fsp3) is 0.800. The topological polar surface area (TPSA) is 102 Å². The third-order valence-electron chi connectivity index (χ3n) is 10.1. The number of carboxylic acids is 2. The van der Waals surface area contributed by atoms with Crippen molar-refractivity contribution >= 4 is 11.9 Å². The Bertz CT molecular complexity index is 940. The zero-order valence-electron chi connectivity index (χ0n) is 23.4. The van der Waals surface area contributed by atoms with Gasteiger partial charge in [-0.25, -0.2) is 4.89 Å². The second-order valence-corrected chi connectivity index (χ2v) is 12.9. The molecule has 2 N–H and O–H groups in total. The standard InChI is InChI=1S/C30H46O7/c1-17-7-9-23(19(3)27(31)32)25-15-29(5,13-11-21(17)25)36-37-30(6)14-12-22-18(2)8-10-24(20(4)28(33)34)26(22)16-35-30/h15-24H,7-14H2,1-6H3,(H,31,32)(H,33,34)/t17-,18-,19-,20-,21+,22+,23+,24+,29-,30?/m1/s1. The fourth-order valence-corrected chi connectivity index (χ4v) is 7.39. The van der Waals surface area contributed by atoms with Gasteiger partial charge in [-0.1, -0.05) is 39.3 Å². The molecular formula is C30H46O7. The molecule has 4 aliphatic rings. The maximum absolute atomic E-state index is 11.8. The second kappa shape index (κ2) is 10.7. The Labute approximate surface area is 221 Å². The quantitative estimate of drug-likeness (QED) is 0.223. The van der Waals surface area contributed by atoms with Crippen molar-refractivity contribution in [1.82, 2.24) is 0 Å². The van der Waals surface area contributed by atoms with Gasteiger partial charge in [-0.15, -0.1) is 0 Å². The van der Waals surface area contributed by atoms with Crippen LogP contribution in [0.4, 0.5) is 0 Å². The Morgan fingerprint density at radius 2 is 1.35 bits per heavy atom. The highest BCUT2D eigenvalue weighted by Gasteiger charge is 2.46. The Morgan fingerprint density at radius 3 is 1.92 bits per heavy atom. The smallest absolute Gasteiger partial charge is 0.306 e. The molecule has 0 saturated heterocycles. The first-order chi connectivity index (χ1) is 17.3. The molecule has 0 bridgehead atoms. The van der Waals surface area contributed by atoms with Crippen LogP contribution in [0.5, 0.6) is 0 Å². The first-order valence-electron chi connectivity index (χ1n) is 14.3. The van der Waals surface area contributed by atoms with E-state index in [2.05, 4.69) is 19.9 Å². The van der Waals surface area contributed by atoms with Gasteiger partial charge < -0.3 is 14.9 Å². The van der Waals surface area contributed by atoms with Crippen molar-refractivity contribution in [3.05, 3.63) is 23.5 Å². The van der Waals surface area contributed by atoms with Gasteiger partial charge in [0.25, 0.3) is 0 Å². The van der Waals surface area contributed by atoms with E-state index in [1.54, 1.807) is 13.2 Å². The number of aliphatic carboxylic acids is 2. The predicted octanol–water partition coefficient (Wildman–Crippen LogP) is 6.59. The molecule has 0 aromatic rings. The van der Waals surface area contributed by atoms with Gasteiger partial charge in [-0.05, 0) is 93.0 Å². The molecule has 0 spiro atoms. The van der Waals surface area contributed by atoms with Gasteiger partial charge in [0.1, 0.15) is 5.60 Å². The minimum atomic E-state index is -0.979. The molecule has 2 fully saturated rings. The van der Waals surface area contributed by atoms with Crippen LogP contribution in [-0.4, -0.2) is 33.5 Å². The van der Waals surface area contributed by atoms with Crippen LogP contribution < -0.4 is 0 Å². The summed E-state index contributed by atoms with van der Waals surface area (Å²) >= 11 is 0. The number of allylic oxidation sites excluding steroid dienone is 2. The summed E-state index contributed by atoms with van der Waals surface area (Å²) in [6.07, 6.45) is 11.0. The van der Waals surface area contributed by atoms with Crippen molar-refractivity contribution in [1.29, 1.82) is 0 Å². The molecule has 1 unspecified atom stereocenters. The van der Waals surface area contributed by atoms with E-state index in [4.69, 9.17) is 14.5 Å². The average molecular weight is 519 g/mol. The predicted molar refractivity (Wildman–Crippen MR) is 139 cm³/mol. The van der Waals surface area contributed by atoms with Crippen LogP contribution in [-0.2, 0) is 24.1 Å². The Kier molecular flexibility index (Phi) is 8.16. The van der Waals surface area contributed by atoms with Crippen molar-refractivity contribution in [2.45, 2.75) is 104 Å². The number of carboxylic acid groups (broad SMARTS) is 2.